The van der Waals surface area contributed by atoms with Crippen LogP contribution in [0.3, 0.4) is 0 Å². The number of aromatic nitrogens is 3. The zero-order chi connectivity index (χ0) is 13.1. The predicted molar refractivity (Wildman–Crippen MR) is 71.0 cm³/mol. The van der Waals surface area contributed by atoms with Crippen LogP contribution < -0.4 is 11.3 Å². The van der Waals surface area contributed by atoms with E-state index in [1.165, 1.54) is 0 Å². The van der Waals surface area contributed by atoms with Crippen LogP contribution in [0.15, 0.2) is 24.4 Å². The first-order valence-electron chi connectivity index (χ1n) is 5.67. The van der Waals surface area contributed by atoms with Crippen molar-refractivity contribution in [2.45, 2.75) is 19.4 Å². The molecule has 0 aliphatic heterocycles. The summed E-state index contributed by atoms with van der Waals surface area (Å²) in [6.07, 6.45) is 2.42. The maximum Gasteiger partial charge on any atom is 0.129 e. The molecule has 2 heterocycles. The van der Waals surface area contributed by atoms with E-state index in [1.54, 1.807) is 6.20 Å². The van der Waals surface area contributed by atoms with E-state index in [9.17, 15) is 0 Å². The van der Waals surface area contributed by atoms with Crippen molar-refractivity contribution in [3.8, 4) is 0 Å². The van der Waals surface area contributed by atoms with E-state index in [1.807, 2.05) is 36.9 Å². The first-order valence-corrected chi connectivity index (χ1v) is 6.05. The summed E-state index contributed by atoms with van der Waals surface area (Å²) < 4.78 is 1.86. The molecule has 0 aliphatic carbocycles. The van der Waals surface area contributed by atoms with Gasteiger partial charge in [0.05, 0.1) is 11.7 Å². The summed E-state index contributed by atoms with van der Waals surface area (Å²) in [6.45, 7) is 1.97. The van der Waals surface area contributed by atoms with Gasteiger partial charge in [-0.15, -0.1) is 0 Å². The second-order valence-electron chi connectivity index (χ2n) is 4.24. The number of nitrogens with one attached hydrogen (secondary N) is 1. The third-order valence-corrected chi connectivity index (χ3v) is 3.07. The lowest BCUT2D eigenvalue weighted by Gasteiger charge is -2.16. The van der Waals surface area contributed by atoms with Crippen molar-refractivity contribution < 1.29 is 0 Å². The Balaban J connectivity index is 2.22. The Morgan fingerprint density at radius 1 is 1.50 bits per heavy atom. The molecule has 0 saturated heterocycles. The van der Waals surface area contributed by atoms with Crippen LogP contribution in [0.5, 0.6) is 0 Å². The molecule has 1 unspecified atom stereocenters. The maximum atomic E-state index is 5.89. The minimum Gasteiger partial charge on any atom is -0.272 e. The molecule has 18 heavy (non-hydrogen) atoms. The van der Waals surface area contributed by atoms with Gasteiger partial charge in [-0.2, -0.15) is 5.10 Å². The number of nitrogens with zero attached hydrogens (tertiary/aromatic N) is 3. The van der Waals surface area contributed by atoms with Crippen molar-refractivity contribution in [3.05, 3.63) is 46.5 Å². The molecule has 0 bridgehead atoms. The van der Waals surface area contributed by atoms with Crippen LogP contribution in [-0.4, -0.2) is 14.8 Å². The Labute approximate surface area is 111 Å². The molecule has 0 spiro atoms. The predicted octanol–water partition coefficient (Wildman–Crippen LogP) is 1.52. The van der Waals surface area contributed by atoms with Gasteiger partial charge in [0.15, 0.2) is 0 Å². The SMILES string of the molecule is Cc1cc(CC(NN)c2ccnc(Cl)c2)n(C)n1. The van der Waals surface area contributed by atoms with E-state index < -0.39 is 0 Å². The summed E-state index contributed by atoms with van der Waals surface area (Å²) in [5.74, 6) is 5.62. The highest BCUT2D eigenvalue weighted by Gasteiger charge is 2.14. The minimum atomic E-state index is -0.0136. The standard InChI is InChI=1S/C12H16ClN5/c1-8-5-10(18(2)17-8)7-11(16-14)9-3-4-15-12(13)6-9/h3-6,11,16H,7,14H2,1-2H3. The highest BCUT2D eigenvalue weighted by Crippen LogP contribution is 2.19. The fraction of sp³-hybridized carbons (Fsp3) is 0.333. The van der Waals surface area contributed by atoms with Crippen molar-refractivity contribution in [1.82, 2.24) is 20.2 Å². The van der Waals surface area contributed by atoms with E-state index in [-0.39, 0.29) is 6.04 Å². The van der Waals surface area contributed by atoms with E-state index in [4.69, 9.17) is 17.4 Å². The van der Waals surface area contributed by atoms with Gasteiger partial charge in [0, 0.05) is 25.4 Å². The summed E-state index contributed by atoms with van der Waals surface area (Å²) in [7, 11) is 1.93. The van der Waals surface area contributed by atoms with Crippen LogP contribution in [0.2, 0.25) is 5.15 Å². The Morgan fingerprint density at radius 3 is 2.83 bits per heavy atom. The van der Waals surface area contributed by atoms with E-state index in [2.05, 4.69) is 15.5 Å². The van der Waals surface area contributed by atoms with Gasteiger partial charge in [0.1, 0.15) is 5.15 Å². The first kappa shape index (κ1) is 13.0. The number of halogens is 1. The molecule has 2 aromatic rings. The number of hydrogen-bond acceptors (Lipinski definition) is 4. The molecule has 2 rings (SSSR count). The van der Waals surface area contributed by atoms with E-state index in [0.29, 0.717) is 5.15 Å². The van der Waals surface area contributed by atoms with Crippen molar-refractivity contribution in [3.63, 3.8) is 0 Å². The average molecular weight is 266 g/mol. The summed E-state index contributed by atoms with van der Waals surface area (Å²) in [5.41, 5.74) is 5.92. The molecule has 0 amide bonds. The molecule has 0 saturated carbocycles. The quantitative estimate of drug-likeness (QED) is 0.500. The third-order valence-electron chi connectivity index (χ3n) is 2.87. The van der Waals surface area contributed by atoms with Crippen LogP contribution in [0, 0.1) is 6.92 Å². The normalized spacial score (nSPS) is 12.7. The minimum absolute atomic E-state index is 0.0136. The smallest absolute Gasteiger partial charge is 0.129 e. The molecule has 6 heteroatoms. The highest BCUT2D eigenvalue weighted by atomic mass is 35.5. The highest BCUT2D eigenvalue weighted by molar-refractivity contribution is 6.29. The Kier molecular flexibility index (Phi) is 3.96. The number of hydrazine groups is 1. The van der Waals surface area contributed by atoms with Crippen LogP contribution in [-0.2, 0) is 13.5 Å². The monoisotopic (exact) mass is 265 g/mol. The van der Waals surface area contributed by atoms with Gasteiger partial charge in [0.2, 0.25) is 0 Å². The number of pyridine rings is 1. The Hall–Kier alpha value is -1.43. The fourth-order valence-electron chi connectivity index (χ4n) is 1.97. The summed E-state index contributed by atoms with van der Waals surface area (Å²) in [4.78, 5) is 3.96. The lowest BCUT2D eigenvalue weighted by atomic mass is 10.0. The number of rotatable bonds is 4. The molecule has 0 aliphatic rings. The van der Waals surface area contributed by atoms with Gasteiger partial charge in [-0.3, -0.25) is 16.0 Å². The van der Waals surface area contributed by atoms with Crippen molar-refractivity contribution in [1.29, 1.82) is 0 Å². The third kappa shape index (κ3) is 2.87. The Bertz CT molecular complexity index is 537. The number of nitrogens with two attached hydrogens (primary N) is 1. The van der Waals surface area contributed by atoms with Crippen LogP contribution >= 0.6 is 11.6 Å². The molecular formula is C12H16ClN5. The van der Waals surface area contributed by atoms with Crippen LogP contribution in [0.1, 0.15) is 23.0 Å². The van der Waals surface area contributed by atoms with Gasteiger partial charge < -0.3 is 0 Å². The summed E-state index contributed by atoms with van der Waals surface area (Å²) in [5, 5.41) is 4.79. The number of aryl methyl sites for hydroxylation is 2. The largest absolute Gasteiger partial charge is 0.272 e. The number of hydrogen-bond donors (Lipinski definition) is 2. The fourth-order valence-corrected chi connectivity index (χ4v) is 2.15. The molecule has 1 atom stereocenters. The van der Waals surface area contributed by atoms with Crippen molar-refractivity contribution in [2.24, 2.45) is 12.9 Å². The van der Waals surface area contributed by atoms with Crippen LogP contribution in [0.25, 0.3) is 0 Å². The lowest BCUT2D eigenvalue weighted by Crippen LogP contribution is -2.30. The molecule has 3 N–H and O–H groups in total. The van der Waals surface area contributed by atoms with Gasteiger partial charge in [-0.25, -0.2) is 4.98 Å². The van der Waals surface area contributed by atoms with Gasteiger partial charge in [-0.05, 0) is 30.7 Å². The average Bonchev–Trinajstić information content (AvgIpc) is 2.64. The molecule has 5 nitrogen and oxygen atoms in total. The van der Waals surface area contributed by atoms with Crippen molar-refractivity contribution in [2.75, 3.05) is 0 Å². The summed E-state index contributed by atoms with van der Waals surface area (Å²) >= 11 is 5.89. The second-order valence-corrected chi connectivity index (χ2v) is 4.62. The topological polar surface area (TPSA) is 68.8 Å². The second kappa shape index (κ2) is 5.48. The molecule has 96 valence electrons. The summed E-state index contributed by atoms with van der Waals surface area (Å²) in [6, 6.07) is 5.75. The van der Waals surface area contributed by atoms with E-state index >= 15 is 0 Å². The van der Waals surface area contributed by atoms with Gasteiger partial charge >= 0.3 is 0 Å². The van der Waals surface area contributed by atoms with E-state index in [0.717, 1.165) is 23.4 Å². The molecule has 0 fully saturated rings. The first-order chi connectivity index (χ1) is 8.60. The maximum absolute atomic E-state index is 5.89. The van der Waals surface area contributed by atoms with Gasteiger partial charge in [0.25, 0.3) is 0 Å². The molecular weight excluding hydrogens is 250 g/mol. The zero-order valence-corrected chi connectivity index (χ0v) is 11.1. The molecule has 0 aromatic carbocycles. The molecule has 2 aromatic heterocycles. The Morgan fingerprint density at radius 2 is 2.28 bits per heavy atom. The lowest BCUT2D eigenvalue weighted by molar-refractivity contribution is 0.529. The van der Waals surface area contributed by atoms with Crippen LogP contribution in [0.4, 0.5) is 0 Å². The van der Waals surface area contributed by atoms with Gasteiger partial charge in [-0.1, -0.05) is 11.6 Å². The van der Waals surface area contributed by atoms with Crippen molar-refractivity contribution >= 4 is 11.6 Å². The molecule has 0 radical (unpaired) electrons. The zero-order valence-electron chi connectivity index (χ0n) is 10.4.